The fraction of sp³-hybridized carbons (Fsp3) is 0.684. The van der Waals surface area contributed by atoms with E-state index in [1.807, 2.05) is 0 Å². The maximum atomic E-state index is 3.75. The number of hydrogen-bond donors (Lipinski definition) is 1. The lowest BCUT2D eigenvalue weighted by atomic mass is 9.96. The first kappa shape index (κ1) is 16.5. The summed E-state index contributed by atoms with van der Waals surface area (Å²) in [7, 11) is 0. The number of hydrogen-bond acceptors (Lipinski definition) is 2. The first-order valence-corrected chi connectivity index (χ1v) is 8.87. The molecule has 1 heterocycles. The molecule has 1 fully saturated rings. The average Bonchev–Trinajstić information content (AvgIpc) is 2.54. The van der Waals surface area contributed by atoms with E-state index in [0.29, 0.717) is 6.04 Å². The minimum Gasteiger partial charge on any atom is -0.309 e. The molecule has 0 radical (unpaired) electrons. The van der Waals surface area contributed by atoms with Crippen LogP contribution in [0.3, 0.4) is 0 Å². The van der Waals surface area contributed by atoms with Crippen LogP contribution >= 0.6 is 0 Å². The van der Waals surface area contributed by atoms with Crippen LogP contribution in [0.4, 0.5) is 0 Å². The quantitative estimate of drug-likeness (QED) is 0.763. The second-order valence-corrected chi connectivity index (χ2v) is 6.35. The molecule has 0 spiro atoms. The highest BCUT2D eigenvalue weighted by atomic mass is 15.2. The van der Waals surface area contributed by atoms with Gasteiger partial charge in [0, 0.05) is 18.6 Å². The van der Waals surface area contributed by atoms with Crippen LogP contribution in [-0.4, -0.2) is 30.6 Å². The van der Waals surface area contributed by atoms with Gasteiger partial charge in [0.15, 0.2) is 0 Å². The summed E-state index contributed by atoms with van der Waals surface area (Å²) in [5, 5.41) is 3.75. The smallest absolute Gasteiger partial charge is 0.0449 e. The topological polar surface area (TPSA) is 15.3 Å². The van der Waals surface area contributed by atoms with Crippen LogP contribution in [0.2, 0.25) is 0 Å². The molecule has 2 unspecified atom stereocenters. The number of nitrogens with one attached hydrogen (secondary N) is 1. The summed E-state index contributed by atoms with van der Waals surface area (Å²) < 4.78 is 0. The number of likely N-dealkylation sites (tertiary alicyclic amines) is 1. The molecule has 1 saturated heterocycles. The summed E-state index contributed by atoms with van der Waals surface area (Å²) in [6.45, 7) is 8.11. The van der Waals surface area contributed by atoms with Crippen molar-refractivity contribution in [2.45, 2.75) is 64.5 Å². The molecule has 1 N–H and O–H groups in total. The van der Waals surface area contributed by atoms with Gasteiger partial charge in [0.05, 0.1) is 0 Å². The Morgan fingerprint density at radius 2 is 1.95 bits per heavy atom. The van der Waals surface area contributed by atoms with E-state index in [-0.39, 0.29) is 0 Å². The highest BCUT2D eigenvalue weighted by Crippen LogP contribution is 2.24. The van der Waals surface area contributed by atoms with E-state index < -0.39 is 0 Å². The van der Waals surface area contributed by atoms with Crippen LogP contribution in [0.5, 0.6) is 0 Å². The minimum atomic E-state index is 0.476. The largest absolute Gasteiger partial charge is 0.309 e. The number of piperidine rings is 1. The first-order valence-electron chi connectivity index (χ1n) is 8.87. The van der Waals surface area contributed by atoms with Gasteiger partial charge in [-0.15, -0.1) is 0 Å². The summed E-state index contributed by atoms with van der Waals surface area (Å²) in [5.74, 6) is 0. The summed E-state index contributed by atoms with van der Waals surface area (Å²) in [4.78, 5) is 2.74. The van der Waals surface area contributed by atoms with Crippen LogP contribution in [0.1, 0.15) is 64.0 Å². The van der Waals surface area contributed by atoms with Crippen molar-refractivity contribution in [3.05, 3.63) is 35.9 Å². The fourth-order valence-electron chi connectivity index (χ4n) is 3.49. The Labute approximate surface area is 130 Å². The summed E-state index contributed by atoms with van der Waals surface area (Å²) >= 11 is 0. The van der Waals surface area contributed by atoms with E-state index in [9.17, 15) is 0 Å². The van der Waals surface area contributed by atoms with Crippen molar-refractivity contribution in [1.82, 2.24) is 10.2 Å². The Morgan fingerprint density at radius 3 is 2.67 bits per heavy atom. The van der Waals surface area contributed by atoms with Gasteiger partial charge < -0.3 is 5.32 Å². The standard InChI is InChI=1S/C19H32N2/c1-3-10-18-13-8-9-15-21(18)16-19(20-14-4-2)17-11-6-5-7-12-17/h5-7,11-12,18-20H,3-4,8-10,13-16H2,1-2H3. The molecule has 0 bridgehead atoms. The van der Waals surface area contributed by atoms with E-state index in [1.165, 1.54) is 50.6 Å². The molecule has 2 nitrogen and oxygen atoms in total. The predicted molar refractivity (Wildman–Crippen MR) is 91.6 cm³/mol. The maximum Gasteiger partial charge on any atom is 0.0449 e. The first-order chi connectivity index (χ1) is 10.3. The van der Waals surface area contributed by atoms with Gasteiger partial charge in [-0.25, -0.2) is 0 Å². The van der Waals surface area contributed by atoms with Gasteiger partial charge in [-0.3, -0.25) is 4.90 Å². The zero-order valence-corrected chi connectivity index (χ0v) is 13.9. The molecule has 1 aromatic rings. The monoisotopic (exact) mass is 288 g/mol. The zero-order valence-electron chi connectivity index (χ0n) is 13.9. The molecule has 0 aliphatic carbocycles. The van der Waals surface area contributed by atoms with Gasteiger partial charge in [0.2, 0.25) is 0 Å². The van der Waals surface area contributed by atoms with Crippen molar-refractivity contribution in [3.63, 3.8) is 0 Å². The lowest BCUT2D eigenvalue weighted by Gasteiger charge is -2.38. The van der Waals surface area contributed by atoms with Gasteiger partial charge >= 0.3 is 0 Å². The van der Waals surface area contributed by atoms with E-state index in [0.717, 1.165) is 19.1 Å². The number of benzene rings is 1. The molecule has 0 saturated carbocycles. The van der Waals surface area contributed by atoms with Crippen molar-refractivity contribution < 1.29 is 0 Å². The third kappa shape index (κ3) is 5.12. The van der Waals surface area contributed by atoms with Crippen LogP contribution in [-0.2, 0) is 0 Å². The lowest BCUT2D eigenvalue weighted by molar-refractivity contribution is 0.125. The Bertz CT molecular complexity index is 374. The zero-order chi connectivity index (χ0) is 14.9. The molecule has 1 aliphatic rings. The molecule has 0 aromatic heterocycles. The van der Waals surface area contributed by atoms with Crippen molar-refractivity contribution in [2.75, 3.05) is 19.6 Å². The van der Waals surface area contributed by atoms with E-state index >= 15 is 0 Å². The Kier molecular flexibility index (Phi) is 7.25. The molecular weight excluding hydrogens is 256 g/mol. The second kappa shape index (κ2) is 9.22. The van der Waals surface area contributed by atoms with E-state index in [4.69, 9.17) is 0 Å². The molecule has 2 rings (SSSR count). The predicted octanol–water partition coefficient (Wildman–Crippen LogP) is 4.38. The number of nitrogens with zero attached hydrogens (tertiary/aromatic N) is 1. The van der Waals surface area contributed by atoms with Gasteiger partial charge in [0.1, 0.15) is 0 Å². The van der Waals surface area contributed by atoms with Gasteiger partial charge in [-0.2, -0.15) is 0 Å². The summed E-state index contributed by atoms with van der Waals surface area (Å²) in [5.41, 5.74) is 1.44. The second-order valence-electron chi connectivity index (χ2n) is 6.35. The highest BCUT2D eigenvalue weighted by Gasteiger charge is 2.24. The third-order valence-electron chi connectivity index (χ3n) is 4.63. The van der Waals surface area contributed by atoms with Crippen LogP contribution in [0.25, 0.3) is 0 Å². The fourth-order valence-corrected chi connectivity index (χ4v) is 3.49. The Balaban J connectivity index is 2.02. The van der Waals surface area contributed by atoms with Gasteiger partial charge in [-0.1, -0.05) is 57.0 Å². The number of rotatable bonds is 8. The molecule has 118 valence electrons. The van der Waals surface area contributed by atoms with Gasteiger partial charge in [0.25, 0.3) is 0 Å². The van der Waals surface area contributed by atoms with Gasteiger partial charge in [-0.05, 0) is 44.3 Å². The molecule has 1 aromatic carbocycles. The average molecular weight is 288 g/mol. The Hall–Kier alpha value is -0.860. The van der Waals surface area contributed by atoms with Crippen molar-refractivity contribution >= 4 is 0 Å². The van der Waals surface area contributed by atoms with Crippen molar-refractivity contribution in [3.8, 4) is 0 Å². The van der Waals surface area contributed by atoms with Crippen LogP contribution in [0.15, 0.2) is 30.3 Å². The third-order valence-corrected chi connectivity index (χ3v) is 4.63. The van der Waals surface area contributed by atoms with E-state index in [1.54, 1.807) is 0 Å². The summed E-state index contributed by atoms with van der Waals surface area (Å²) in [6, 6.07) is 12.3. The van der Waals surface area contributed by atoms with Crippen molar-refractivity contribution in [1.29, 1.82) is 0 Å². The molecule has 1 aliphatic heterocycles. The molecule has 2 atom stereocenters. The maximum absolute atomic E-state index is 3.75. The molecule has 2 heteroatoms. The minimum absolute atomic E-state index is 0.476. The Morgan fingerprint density at radius 1 is 1.14 bits per heavy atom. The normalized spacial score (nSPS) is 21.3. The SMILES string of the molecule is CCCNC(CN1CCCCC1CCC)c1ccccc1. The van der Waals surface area contributed by atoms with Crippen LogP contribution in [0, 0.1) is 0 Å². The van der Waals surface area contributed by atoms with Crippen LogP contribution < -0.4 is 5.32 Å². The van der Waals surface area contributed by atoms with E-state index in [2.05, 4.69) is 54.4 Å². The molecular formula is C19H32N2. The molecule has 21 heavy (non-hydrogen) atoms. The lowest BCUT2D eigenvalue weighted by Crippen LogP contribution is -2.44. The van der Waals surface area contributed by atoms with Crippen molar-refractivity contribution in [2.24, 2.45) is 0 Å². The highest BCUT2D eigenvalue weighted by molar-refractivity contribution is 5.19. The summed E-state index contributed by atoms with van der Waals surface area (Å²) in [6.07, 6.45) is 8.04. The molecule has 0 amide bonds.